The lowest BCUT2D eigenvalue weighted by molar-refractivity contribution is 0.194. The zero-order valence-corrected chi connectivity index (χ0v) is 16.7. The highest BCUT2D eigenvalue weighted by molar-refractivity contribution is 5.84. The molecule has 3 aromatic heterocycles. The summed E-state index contributed by atoms with van der Waals surface area (Å²) in [7, 11) is 0. The Morgan fingerprint density at radius 3 is 2.62 bits per heavy atom. The number of hydrogen-bond acceptors (Lipinski definition) is 5. The number of aliphatic hydroxyl groups is 1. The first-order valence-corrected chi connectivity index (χ1v) is 9.93. The summed E-state index contributed by atoms with van der Waals surface area (Å²) in [6.45, 7) is 3.83. The fourth-order valence-electron chi connectivity index (χ4n) is 3.43. The summed E-state index contributed by atoms with van der Waals surface area (Å²) in [5.74, 6) is 0.669. The Morgan fingerprint density at radius 1 is 1.03 bits per heavy atom. The van der Waals surface area contributed by atoms with E-state index in [-0.39, 0.29) is 6.04 Å². The smallest absolute Gasteiger partial charge is 0.154 e. The molecule has 0 radical (unpaired) electrons. The van der Waals surface area contributed by atoms with Gasteiger partial charge >= 0.3 is 0 Å². The molecule has 0 saturated carbocycles. The molecule has 4 rings (SSSR count). The molecule has 4 aromatic rings. The summed E-state index contributed by atoms with van der Waals surface area (Å²) in [5, 5.41) is 15.4. The number of nitrogens with zero attached hydrogens (tertiary/aromatic N) is 4. The van der Waals surface area contributed by atoms with Gasteiger partial charge in [-0.3, -0.25) is 4.98 Å². The van der Waals surface area contributed by atoms with E-state index in [4.69, 9.17) is 10.7 Å². The van der Waals surface area contributed by atoms with E-state index in [0.717, 1.165) is 40.7 Å². The molecule has 6 nitrogen and oxygen atoms in total. The van der Waals surface area contributed by atoms with Gasteiger partial charge in [0.05, 0.1) is 34.9 Å². The molecule has 0 saturated heterocycles. The fourth-order valence-corrected chi connectivity index (χ4v) is 3.43. The van der Waals surface area contributed by atoms with Gasteiger partial charge < -0.3 is 10.8 Å². The second-order valence-corrected chi connectivity index (χ2v) is 7.27. The topological polar surface area (TPSA) is 89.8 Å². The average molecular weight is 387 g/mol. The second-order valence-electron chi connectivity index (χ2n) is 7.27. The van der Waals surface area contributed by atoms with Crippen molar-refractivity contribution in [1.82, 2.24) is 19.7 Å². The molecule has 0 aliphatic heterocycles. The predicted molar refractivity (Wildman–Crippen MR) is 115 cm³/mol. The predicted octanol–water partition coefficient (Wildman–Crippen LogP) is 4.34. The highest BCUT2D eigenvalue weighted by atomic mass is 16.3. The summed E-state index contributed by atoms with van der Waals surface area (Å²) in [5.41, 5.74) is 10.6. The zero-order valence-electron chi connectivity index (χ0n) is 16.7. The lowest BCUT2D eigenvalue weighted by atomic mass is 10.1. The highest BCUT2D eigenvalue weighted by Gasteiger charge is 2.12. The van der Waals surface area contributed by atoms with Crippen molar-refractivity contribution in [3.63, 3.8) is 0 Å². The number of aromatic nitrogens is 4. The van der Waals surface area contributed by atoms with Crippen molar-refractivity contribution in [2.75, 3.05) is 0 Å². The van der Waals surface area contributed by atoms with Crippen molar-refractivity contribution in [2.45, 2.75) is 38.8 Å². The van der Waals surface area contributed by atoms with Gasteiger partial charge in [-0.1, -0.05) is 37.6 Å². The SMILES string of the molecule is CCC[C@@H](N)c1cccc(-c2ccc3cnn(-c4cccc([C@H](C)O)n4)c3c2)n1. The van der Waals surface area contributed by atoms with E-state index in [9.17, 15) is 5.11 Å². The van der Waals surface area contributed by atoms with Gasteiger partial charge in [-0.15, -0.1) is 0 Å². The van der Waals surface area contributed by atoms with Crippen molar-refractivity contribution >= 4 is 10.9 Å². The Balaban J connectivity index is 1.77. The molecule has 29 heavy (non-hydrogen) atoms. The van der Waals surface area contributed by atoms with E-state index < -0.39 is 6.10 Å². The van der Waals surface area contributed by atoms with E-state index >= 15 is 0 Å². The van der Waals surface area contributed by atoms with Crippen molar-refractivity contribution in [1.29, 1.82) is 0 Å². The first kappa shape index (κ1) is 19.2. The highest BCUT2D eigenvalue weighted by Crippen LogP contribution is 2.26. The summed E-state index contributed by atoms with van der Waals surface area (Å²) in [4.78, 5) is 9.33. The van der Waals surface area contributed by atoms with Gasteiger partial charge in [-0.2, -0.15) is 5.10 Å². The summed E-state index contributed by atoms with van der Waals surface area (Å²) in [6, 6.07) is 17.6. The number of rotatable bonds is 6. The van der Waals surface area contributed by atoms with Gasteiger partial charge in [0.1, 0.15) is 0 Å². The van der Waals surface area contributed by atoms with E-state index in [1.54, 1.807) is 17.7 Å². The third kappa shape index (κ3) is 3.90. The summed E-state index contributed by atoms with van der Waals surface area (Å²) in [6.07, 6.45) is 3.12. The number of nitrogens with two attached hydrogens (primary N) is 1. The molecule has 2 atom stereocenters. The van der Waals surface area contributed by atoms with E-state index in [1.807, 2.05) is 48.7 Å². The monoisotopic (exact) mass is 387 g/mol. The number of pyridine rings is 2. The zero-order chi connectivity index (χ0) is 20.4. The lowest BCUT2D eigenvalue weighted by Gasteiger charge is -2.11. The molecule has 0 spiro atoms. The van der Waals surface area contributed by atoms with Crippen LogP contribution in [0.5, 0.6) is 0 Å². The molecular formula is C23H25N5O. The van der Waals surface area contributed by atoms with Crippen LogP contribution in [0.15, 0.2) is 60.8 Å². The largest absolute Gasteiger partial charge is 0.387 e. The minimum absolute atomic E-state index is 0.0541. The van der Waals surface area contributed by atoms with Crippen LogP contribution in [0.2, 0.25) is 0 Å². The molecule has 0 aliphatic carbocycles. The van der Waals surface area contributed by atoms with Crippen molar-refractivity contribution in [3.8, 4) is 17.1 Å². The van der Waals surface area contributed by atoms with E-state index in [2.05, 4.69) is 23.1 Å². The molecule has 148 valence electrons. The molecule has 0 aliphatic rings. The molecule has 0 unspecified atom stereocenters. The number of fused-ring (bicyclic) bond motifs is 1. The molecule has 0 fully saturated rings. The number of hydrogen-bond donors (Lipinski definition) is 2. The Morgan fingerprint density at radius 2 is 1.83 bits per heavy atom. The standard InChI is InChI=1S/C23H25N5O/c1-3-6-18(24)21-9-4-8-20(26-21)16-11-12-17-14-25-28(22(17)13-16)23-10-5-7-19(27-23)15(2)29/h4-5,7-15,18,29H,3,6,24H2,1-2H3/t15-,18+/m0/s1. The average Bonchev–Trinajstić information content (AvgIpc) is 3.17. The lowest BCUT2D eigenvalue weighted by Crippen LogP contribution is -2.11. The van der Waals surface area contributed by atoms with E-state index in [0.29, 0.717) is 11.5 Å². The Kier molecular flexibility index (Phi) is 5.38. The quantitative estimate of drug-likeness (QED) is 0.514. The number of benzene rings is 1. The molecule has 0 bridgehead atoms. The van der Waals surface area contributed by atoms with Crippen LogP contribution in [0.4, 0.5) is 0 Å². The van der Waals surface area contributed by atoms with Crippen LogP contribution in [0.3, 0.4) is 0 Å². The molecule has 6 heteroatoms. The van der Waals surface area contributed by atoms with Crippen LogP contribution in [0, 0.1) is 0 Å². The minimum Gasteiger partial charge on any atom is -0.387 e. The second kappa shape index (κ2) is 8.11. The molecule has 1 aromatic carbocycles. The van der Waals surface area contributed by atoms with Crippen LogP contribution < -0.4 is 5.73 Å². The third-order valence-corrected chi connectivity index (χ3v) is 5.02. The molecule has 3 N–H and O–H groups in total. The molecule has 3 heterocycles. The van der Waals surface area contributed by atoms with Crippen molar-refractivity contribution in [2.24, 2.45) is 5.73 Å². The van der Waals surface area contributed by atoms with Gasteiger partial charge in [0.15, 0.2) is 5.82 Å². The number of aliphatic hydroxyl groups excluding tert-OH is 1. The maximum absolute atomic E-state index is 9.85. The summed E-state index contributed by atoms with van der Waals surface area (Å²) >= 11 is 0. The minimum atomic E-state index is -0.633. The Labute approximate surface area is 170 Å². The van der Waals surface area contributed by atoms with Crippen molar-refractivity contribution < 1.29 is 5.11 Å². The van der Waals surface area contributed by atoms with Crippen molar-refractivity contribution in [3.05, 3.63) is 72.2 Å². The van der Waals surface area contributed by atoms with Gasteiger partial charge in [-0.05, 0) is 43.7 Å². The van der Waals surface area contributed by atoms with Gasteiger partial charge in [0.2, 0.25) is 0 Å². The van der Waals surface area contributed by atoms with Gasteiger partial charge in [-0.25, -0.2) is 9.67 Å². The Bertz CT molecular complexity index is 1140. The van der Waals surface area contributed by atoms with Gasteiger partial charge in [0.25, 0.3) is 0 Å². The fraction of sp³-hybridized carbons (Fsp3) is 0.261. The van der Waals surface area contributed by atoms with Crippen LogP contribution in [-0.2, 0) is 0 Å². The van der Waals surface area contributed by atoms with Crippen LogP contribution in [-0.4, -0.2) is 24.9 Å². The van der Waals surface area contributed by atoms with Crippen LogP contribution >= 0.6 is 0 Å². The molecular weight excluding hydrogens is 362 g/mol. The first-order chi connectivity index (χ1) is 14.1. The van der Waals surface area contributed by atoms with E-state index in [1.165, 1.54) is 0 Å². The summed E-state index contributed by atoms with van der Waals surface area (Å²) < 4.78 is 1.79. The first-order valence-electron chi connectivity index (χ1n) is 9.93. The van der Waals surface area contributed by atoms with Gasteiger partial charge in [0, 0.05) is 17.0 Å². The Hall–Kier alpha value is -3.09. The van der Waals surface area contributed by atoms with Crippen LogP contribution in [0.1, 0.15) is 50.2 Å². The molecule has 0 amide bonds. The van der Waals surface area contributed by atoms with Crippen LogP contribution in [0.25, 0.3) is 28.0 Å². The normalized spacial score (nSPS) is 13.5. The maximum Gasteiger partial charge on any atom is 0.154 e. The third-order valence-electron chi connectivity index (χ3n) is 5.02. The maximum atomic E-state index is 9.85.